The Morgan fingerprint density at radius 3 is 1.93 bits per heavy atom. The van der Waals surface area contributed by atoms with Gasteiger partial charge in [0.2, 0.25) is 11.8 Å². The standard InChI is InChI=1S/C20H28FN3O3/c1-13(2)17(22-18(25)15-7-5-6-8-16(15)21)20(27)24-11-9-23(10-12-24)19(26)14(3)4/h5-8,13-14,17H,9-12H2,1-4H3,(H,22,25). The first-order valence-electron chi connectivity index (χ1n) is 9.35. The summed E-state index contributed by atoms with van der Waals surface area (Å²) < 4.78 is 13.8. The summed E-state index contributed by atoms with van der Waals surface area (Å²) in [5.74, 6) is -1.57. The van der Waals surface area contributed by atoms with Gasteiger partial charge in [-0.1, -0.05) is 39.8 Å². The van der Waals surface area contributed by atoms with Crippen molar-refractivity contribution in [2.45, 2.75) is 33.7 Å². The molecule has 3 amide bonds. The number of amides is 3. The zero-order valence-corrected chi connectivity index (χ0v) is 16.4. The highest BCUT2D eigenvalue weighted by molar-refractivity contribution is 5.97. The number of rotatable bonds is 5. The lowest BCUT2D eigenvalue weighted by atomic mass is 10.0. The van der Waals surface area contributed by atoms with E-state index in [2.05, 4.69) is 5.32 Å². The molecule has 0 aliphatic carbocycles. The van der Waals surface area contributed by atoms with Crippen LogP contribution in [0.15, 0.2) is 24.3 Å². The Kier molecular flexibility index (Phi) is 6.93. The molecule has 1 aliphatic rings. The normalized spacial score (nSPS) is 15.8. The highest BCUT2D eigenvalue weighted by atomic mass is 19.1. The van der Waals surface area contributed by atoms with Crippen molar-refractivity contribution in [3.8, 4) is 0 Å². The zero-order chi connectivity index (χ0) is 20.1. The Hall–Kier alpha value is -2.44. The number of hydrogen-bond donors (Lipinski definition) is 1. The molecule has 0 bridgehead atoms. The Morgan fingerprint density at radius 2 is 1.44 bits per heavy atom. The van der Waals surface area contributed by atoms with Gasteiger partial charge in [0.1, 0.15) is 11.9 Å². The summed E-state index contributed by atoms with van der Waals surface area (Å²) in [7, 11) is 0. The lowest BCUT2D eigenvalue weighted by Crippen LogP contribution is -2.57. The number of benzene rings is 1. The van der Waals surface area contributed by atoms with Crippen LogP contribution in [0.25, 0.3) is 0 Å². The number of hydrogen-bond acceptors (Lipinski definition) is 3. The molecule has 1 atom stereocenters. The minimum Gasteiger partial charge on any atom is -0.340 e. The summed E-state index contributed by atoms with van der Waals surface area (Å²) in [5.41, 5.74) is -0.0803. The van der Waals surface area contributed by atoms with Gasteiger partial charge in [-0.2, -0.15) is 0 Å². The quantitative estimate of drug-likeness (QED) is 0.852. The smallest absolute Gasteiger partial charge is 0.254 e. The first-order chi connectivity index (χ1) is 12.7. The van der Waals surface area contributed by atoms with Gasteiger partial charge in [-0.3, -0.25) is 14.4 Å². The lowest BCUT2D eigenvalue weighted by Gasteiger charge is -2.37. The molecule has 0 radical (unpaired) electrons. The van der Waals surface area contributed by atoms with Gasteiger partial charge in [0.25, 0.3) is 5.91 Å². The molecular weight excluding hydrogens is 349 g/mol. The molecule has 0 spiro atoms. The van der Waals surface area contributed by atoms with Gasteiger partial charge in [-0.15, -0.1) is 0 Å². The van der Waals surface area contributed by atoms with E-state index in [0.717, 1.165) is 0 Å². The van der Waals surface area contributed by atoms with E-state index in [1.807, 2.05) is 27.7 Å². The summed E-state index contributed by atoms with van der Waals surface area (Å²) in [6.45, 7) is 9.20. The second-order valence-corrected chi connectivity index (χ2v) is 7.48. The van der Waals surface area contributed by atoms with Crippen LogP contribution in [0.4, 0.5) is 4.39 Å². The largest absolute Gasteiger partial charge is 0.340 e. The van der Waals surface area contributed by atoms with E-state index in [9.17, 15) is 18.8 Å². The van der Waals surface area contributed by atoms with Gasteiger partial charge < -0.3 is 15.1 Å². The third-order valence-electron chi connectivity index (χ3n) is 4.73. The number of nitrogens with one attached hydrogen (secondary N) is 1. The van der Waals surface area contributed by atoms with Gasteiger partial charge in [0, 0.05) is 32.1 Å². The molecule has 27 heavy (non-hydrogen) atoms. The number of carbonyl (C=O) groups excluding carboxylic acids is 3. The molecule has 0 saturated carbocycles. The van der Waals surface area contributed by atoms with E-state index in [1.54, 1.807) is 15.9 Å². The number of nitrogens with zero attached hydrogens (tertiary/aromatic N) is 2. The molecule has 0 aromatic heterocycles. The molecule has 2 rings (SSSR count). The van der Waals surface area contributed by atoms with Crippen LogP contribution < -0.4 is 5.32 Å². The zero-order valence-electron chi connectivity index (χ0n) is 16.4. The van der Waals surface area contributed by atoms with E-state index in [4.69, 9.17) is 0 Å². The summed E-state index contributed by atoms with van der Waals surface area (Å²) in [5, 5.41) is 2.67. The van der Waals surface area contributed by atoms with Crippen molar-refractivity contribution in [3.05, 3.63) is 35.6 Å². The second-order valence-electron chi connectivity index (χ2n) is 7.48. The van der Waals surface area contributed by atoms with Gasteiger partial charge >= 0.3 is 0 Å². The van der Waals surface area contributed by atoms with Crippen molar-refractivity contribution in [2.75, 3.05) is 26.2 Å². The van der Waals surface area contributed by atoms with Crippen molar-refractivity contribution in [1.82, 2.24) is 15.1 Å². The molecule has 1 saturated heterocycles. The third-order valence-corrected chi connectivity index (χ3v) is 4.73. The molecule has 1 fully saturated rings. The molecule has 7 heteroatoms. The molecule has 1 N–H and O–H groups in total. The molecule has 1 aromatic carbocycles. The van der Waals surface area contributed by atoms with Crippen LogP contribution in [0.3, 0.4) is 0 Å². The van der Waals surface area contributed by atoms with Crippen LogP contribution in [0, 0.1) is 17.7 Å². The van der Waals surface area contributed by atoms with Crippen LogP contribution in [0.2, 0.25) is 0 Å². The fourth-order valence-electron chi connectivity index (χ4n) is 3.09. The Morgan fingerprint density at radius 1 is 0.926 bits per heavy atom. The summed E-state index contributed by atoms with van der Waals surface area (Å²) in [6, 6.07) is 4.95. The van der Waals surface area contributed by atoms with Crippen molar-refractivity contribution < 1.29 is 18.8 Å². The maximum Gasteiger partial charge on any atom is 0.254 e. The molecule has 1 unspecified atom stereocenters. The van der Waals surface area contributed by atoms with Crippen molar-refractivity contribution in [2.24, 2.45) is 11.8 Å². The second kappa shape index (κ2) is 8.97. The minimum atomic E-state index is -0.746. The van der Waals surface area contributed by atoms with Gasteiger partial charge in [0.05, 0.1) is 5.56 Å². The summed E-state index contributed by atoms with van der Waals surface area (Å²) in [6.07, 6.45) is 0. The van der Waals surface area contributed by atoms with Crippen LogP contribution in [-0.2, 0) is 9.59 Å². The summed E-state index contributed by atoms with van der Waals surface area (Å²) >= 11 is 0. The predicted octanol–water partition coefficient (Wildman–Crippen LogP) is 1.91. The van der Waals surface area contributed by atoms with E-state index in [-0.39, 0.29) is 29.2 Å². The average molecular weight is 377 g/mol. The SMILES string of the molecule is CC(C)C(=O)N1CCN(C(=O)C(NC(=O)c2ccccc2F)C(C)C)CC1. The molecular formula is C20H28FN3O3. The first kappa shape index (κ1) is 20.9. The van der Waals surface area contributed by atoms with Gasteiger partial charge in [-0.05, 0) is 18.1 Å². The number of piperazine rings is 1. The summed E-state index contributed by atoms with van der Waals surface area (Å²) in [4.78, 5) is 40.8. The molecule has 1 aromatic rings. The van der Waals surface area contributed by atoms with E-state index in [1.165, 1.54) is 18.2 Å². The van der Waals surface area contributed by atoms with Crippen LogP contribution in [-0.4, -0.2) is 59.7 Å². The third kappa shape index (κ3) is 5.05. The average Bonchev–Trinajstić information content (AvgIpc) is 2.65. The fourth-order valence-corrected chi connectivity index (χ4v) is 3.09. The molecule has 6 nitrogen and oxygen atoms in total. The maximum absolute atomic E-state index is 13.8. The first-order valence-corrected chi connectivity index (χ1v) is 9.35. The maximum atomic E-state index is 13.8. The lowest BCUT2D eigenvalue weighted by molar-refractivity contribution is -0.142. The highest BCUT2D eigenvalue weighted by Gasteiger charge is 2.32. The van der Waals surface area contributed by atoms with Crippen LogP contribution in [0.5, 0.6) is 0 Å². The molecule has 1 aliphatic heterocycles. The number of halogens is 1. The van der Waals surface area contributed by atoms with E-state index in [0.29, 0.717) is 26.2 Å². The topological polar surface area (TPSA) is 69.7 Å². The monoisotopic (exact) mass is 377 g/mol. The molecule has 1 heterocycles. The minimum absolute atomic E-state index is 0.0734. The fraction of sp³-hybridized carbons (Fsp3) is 0.550. The Balaban J connectivity index is 2.03. The highest BCUT2D eigenvalue weighted by Crippen LogP contribution is 2.13. The Bertz CT molecular complexity index is 697. The van der Waals surface area contributed by atoms with Gasteiger partial charge in [0.15, 0.2) is 0 Å². The van der Waals surface area contributed by atoms with E-state index < -0.39 is 17.8 Å². The van der Waals surface area contributed by atoms with Crippen LogP contribution in [0.1, 0.15) is 38.1 Å². The van der Waals surface area contributed by atoms with Gasteiger partial charge in [-0.25, -0.2) is 4.39 Å². The van der Waals surface area contributed by atoms with Crippen molar-refractivity contribution in [3.63, 3.8) is 0 Å². The Labute approximate surface area is 159 Å². The van der Waals surface area contributed by atoms with Crippen LogP contribution >= 0.6 is 0 Å². The van der Waals surface area contributed by atoms with Crippen molar-refractivity contribution >= 4 is 17.7 Å². The molecule has 148 valence electrons. The van der Waals surface area contributed by atoms with Crippen molar-refractivity contribution in [1.29, 1.82) is 0 Å². The predicted molar refractivity (Wildman–Crippen MR) is 100 cm³/mol. The number of carbonyl (C=O) groups is 3. The van der Waals surface area contributed by atoms with E-state index >= 15 is 0 Å².